The quantitative estimate of drug-likeness (QED) is 0.0345. The monoisotopic (exact) mass is 590 g/mol. The lowest BCUT2D eigenvalue weighted by Crippen LogP contribution is -2.71. The van der Waals surface area contributed by atoms with Crippen molar-refractivity contribution in [3.05, 3.63) is 28.4 Å². The van der Waals surface area contributed by atoms with E-state index < -0.39 is 29.2 Å². The molecule has 0 unspecified atom stereocenters. The Morgan fingerprint density at radius 2 is 2.18 bits per heavy atom. The van der Waals surface area contributed by atoms with Gasteiger partial charge in [0.15, 0.2) is 28.3 Å². The Balaban J connectivity index is 1.49. The second-order valence-electron chi connectivity index (χ2n) is 8.02. The van der Waals surface area contributed by atoms with Gasteiger partial charge in [-0.3, -0.25) is 14.5 Å². The largest absolute Gasteiger partial charge is 0.477 e. The van der Waals surface area contributed by atoms with E-state index in [9.17, 15) is 19.5 Å². The molecule has 1 saturated heterocycles. The highest BCUT2D eigenvalue weighted by molar-refractivity contribution is 8.01. The van der Waals surface area contributed by atoms with E-state index in [0.29, 0.717) is 28.7 Å². The van der Waals surface area contributed by atoms with Crippen LogP contribution in [0, 0.1) is 12.3 Å². The van der Waals surface area contributed by atoms with Crippen LogP contribution >= 0.6 is 34.9 Å². The predicted molar refractivity (Wildman–Crippen MR) is 147 cm³/mol. The lowest BCUT2D eigenvalue weighted by Gasteiger charge is -2.49. The fourth-order valence-electron chi connectivity index (χ4n) is 3.86. The maximum absolute atomic E-state index is 13.1. The van der Waals surface area contributed by atoms with Crippen LogP contribution in [0.4, 0.5) is 16.9 Å². The van der Waals surface area contributed by atoms with E-state index in [0.717, 1.165) is 11.3 Å². The number of nitrogens with zero attached hydrogens (tertiary/aromatic N) is 5. The zero-order valence-corrected chi connectivity index (χ0v) is 22.9. The van der Waals surface area contributed by atoms with Crippen molar-refractivity contribution in [2.24, 2.45) is 5.16 Å². The summed E-state index contributed by atoms with van der Waals surface area (Å²) in [5, 5.41) is 17.9. The number of carboxylic acids is 1. The lowest BCUT2D eigenvalue weighted by molar-refractivity contribution is -0.667. The van der Waals surface area contributed by atoms with Crippen LogP contribution in [0.3, 0.4) is 0 Å². The Labute approximate surface area is 235 Å². The molecule has 0 bridgehead atoms. The van der Waals surface area contributed by atoms with Crippen LogP contribution < -0.4 is 27.1 Å². The molecule has 17 heteroatoms. The van der Waals surface area contributed by atoms with Crippen molar-refractivity contribution in [3.8, 4) is 12.3 Å². The van der Waals surface area contributed by atoms with Crippen molar-refractivity contribution in [2.45, 2.75) is 29.9 Å². The lowest BCUT2D eigenvalue weighted by atomic mass is 10.0. The van der Waals surface area contributed by atoms with E-state index >= 15 is 0 Å². The molecule has 39 heavy (non-hydrogen) atoms. The summed E-state index contributed by atoms with van der Waals surface area (Å²) in [5.74, 6) is 0.909. The zero-order valence-electron chi connectivity index (χ0n) is 20.5. The molecule has 8 N–H and O–H groups in total. The van der Waals surface area contributed by atoms with Crippen molar-refractivity contribution < 1.29 is 28.9 Å². The fraction of sp³-hybridized carbons (Fsp3) is 0.318. The van der Waals surface area contributed by atoms with Gasteiger partial charge in [0, 0.05) is 23.0 Å². The van der Waals surface area contributed by atoms with Crippen molar-refractivity contribution in [1.82, 2.24) is 20.2 Å². The molecule has 2 atom stereocenters. The minimum absolute atomic E-state index is 0.124. The van der Waals surface area contributed by atoms with Gasteiger partial charge in [-0.25, -0.2) is 14.3 Å². The Morgan fingerprint density at radius 3 is 2.79 bits per heavy atom. The molecule has 0 spiro atoms. The van der Waals surface area contributed by atoms with E-state index in [2.05, 4.69) is 26.4 Å². The van der Waals surface area contributed by atoms with Crippen LogP contribution in [-0.4, -0.2) is 73.0 Å². The van der Waals surface area contributed by atoms with E-state index in [4.69, 9.17) is 28.5 Å². The molecule has 204 valence electrons. The molecule has 14 nitrogen and oxygen atoms in total. The number of nitrogens with two attached hydrogens (primary N) is 3. The number of aromatic nitrogens is 3. The number of carboxylic acid groups (broad SMARTS) is 1. The first-order chi connectivity index (χ1) is 18.7. The van der Waals surface area contributed by atoms with Crippen molar-refractivity contribution in [3.63, 3.8) is 0 Å². The Bertz CT molecular complexity index is 1410. The van der Waals surface area contributed by atoms with Gasteiger partial charge in [-0.1, -0.05) is 22.8 Å². The number of carbonyl (C=O) groups excluding carboxylic acids is 2. The number of thiazole rings is 1. The number of oxime groups is 1. The molecule has 2 amide bonds. The summed E-state index contributed by atoms with van der Waals surface area (Å²) in [6.45, 7) is 2.25. The number of β-lactam (4-membered cyclic amide) rings is 1. The third kappa shape index (κ3) is 5.72. The molecule has 2 aliphatic heterocycles. The summed E-state index contributed by atoms with van der Waals surface area (Å²) in [6, 6.07) is 0.673. The van der Waals surface area contributed by atoms with E-state index in [1.54, 1.807) is 10.6 Å². The third-order valence-corrected chi connectivity index (χ3v) is 8.63. The average Bonchev–Trinajstić information content (AvgIpc) is 3.33. The second-order valence-corrected chi connectivity index (χ2v) is 11.0. The number of nitrogen functional groups attached to an aromatic ring is 3. The van der Waals surface area contributed by atoms with Gasteiger partial charge in [0.2, 0.25) is 0 Å². The molecule has 0 aliphatic carbocycles. The maximum Gasteiger partial charge on any atom is 0.352 e. The van der Waals surface area contributed by atoms with Crippen LogP contribution in [0.25, 0.3) is 0 Å². The third-order valence-electron chi connectivity index (χ3n) is 5.61. The molecular formula is C22H24N9O5S3+. The number of rotatable bonds is 10. The number of nitrogens with one attached hydrogen (secondary N) is 1. The van der Waals surface area contributed by atoms with Gasteiger partial charge in [-0.15, -0.1) is 34.5 Å². The number of hydrogen-bond acceptors (Lipinski definition) is 13. The normalized spacial score (nSPS) is 18.7. The number of anilines is 3. The molecule has 0 radical (unpaired) electrons. The molecule has 4 rings (SSSR count). The van der Waals surface area contributed by atoms with Gasteiger partial charge in [0.1, 0.15) is 22.8 Å². The molecule has 4 heterocycles. The van der Waals surface area contributed by atoms with Crippen LogP contribution in [0.15, 0.2) is 32.9 Å². The van der Waals surface area contributed by atoms with Crippen LogP contribution in [-0.2, 0) is 25.8 Å². The highest BCUT2D eigenvalue weighted by atomic mass is 32.2. The summed E-state index contributed by atoms with van der Waals surface area (Å²) in [6.07, 6.45) is 5.16. The van der Waals surface area contributed by atoms with Crippen molar-refractivity contribution >= 4 is 75.3 Å². The van der Waals surface area contributed by atoms with Crippen LogP contribution in [0.1, 0.15) is 12.6 Å². The average molecular weight is 591 g/mol. The molecule has 2 aromatic rings. The second kappa shape index (κ2) is 11.8. The highest BCUT2D eigenvalue weighted by Gasteiger charge is 2.54. The number of carbonyl (C=O) groups is 3. The predicted octanol–water partition coefficient (Wildman–Crippen LogP) is -0.523. The minimum atomic E-state index is -1.25. The molecular weight excluding hydrogens is 567 g/mol. The highest BCUT2D eigenvalue weighted by Crippen LogP contribution is 2.41. The summed E-state index contributed by atoms with van der Waals surface area (Å²) < 4.78 is 1.64. The number of aliphatic carboxylic acids is 1. The van der Waals surface area contributed by atoms with Crippen molar-refractivity contribution in [1.29, 1.82) is 0 Å². The molecule has 1 fully saturated rings. The number of amides is 2. The van der Waals surface area contributed by atoms with Gasteiger partial charge in [0.25, 0.3) is 11.8 Å². The fourth-order valence-corrected chi connectivity index (χ4v) is 6.81. The summed E-state index contributed by atoms with van der Waals surface area (Å²) in [4.78, 5) is 52.7. The topological polar surface area (TPSA) is 216 Å². The van der Waals surface area contributed by atoms with Gasteiger partial charge in [0.05, 0.1) is 6.54 Å². The first kappa shape index (κ1) is 28.0. The van der Waals surface area contributed by atoms with Gasteiger partial charge in [-0.2, -0.15) is 0 Å². The summed E-state index contributed by atoms with van der Waals surface area (Å²) in [5.41, 5.74) is 18.0. The Hall–Kier alpha value is -4.01. The summed E-state index contributed by atoms with van der Waals surface area (Å²) >= 11 is 3.68. The van der Waals surface area contributed by atoms with Gasteiger partial charge >= 0.3 is 11.9 Å². The SMILES string of the molecule is C#CCO/N=C(\C(=O)N[C@@H]1C(=O)N2C(C(=O)O)=C(CSc3cc(N)[n+](CC)c(N)n3)CS[C@H]12)c1csc(N)n1. The van der Waals surface area contributed by atoms with Gasteiger partial charge in [-0.05, 0) is 12.5 Å². The minimum Gasteiger partial charge on any atom is -0.477 e. The Kier molecular flexibility index (Phi) is 8.47. The Morgan fingerprint density at radius 1 is 1.41 bits per heavy atom. The van der Waals surface area contributed by atoms with E-state index in [1.165, 1.54) is 33.8 Å². The number of fused-ring (bicyclic) bond motifs is 1. The first-order valence-corrected chi connectivity index (χ1v) is 14.2. The van der Waals surface area contributed by atoms with Crippen LogP contribution in [0.5, 0.6) is 0 Å². The molecule has 0 aromatic carbocycles. The van der Waals surface area contributed by atoms with Crippen LogP contribution in [0.2, 0.25) is 0 Å². The maximum atomic E-state index is 13.1. The standard InChI is InChI=1S/C22H23N9O5S3/c1-3-5-36-29-14(11-9-39-22(25)26-11)17(32)28-15-18(33)31-16(20(34)35)10(8-38-19(15)31)7-37-13-6-12(23)30(4-2)21(24)27-13/h1,6,9,15,19H,4-5,7-8H2,2H3,(H7,23,24,25,26,27,28,32,34,35)/p+1/b29-14-/t15-,19-/m1/s1. The van der Waals surface area contributed by atoms with Gasteiger partial charge < -0.3 is 32.5 Å². The molecule has 0 saturated carbocycles. The van der Waals surface area contributed by atoms with E-state index in [-0.39, 0.29) is 40.5 Å². The zero-order chi connectivity index (χ0) is 28.3. The summed E-state index contributed by atoms with van der Waals surface area (Å²) in [7, 11) is 0. The molecule has 2 aliphatic rings. The number of hydrogen-bond donors (Lipinski definition) is 5. The van der Waals surface area contributed by atoms with Crippen molar-refractivity contribution in [2.75, 3.05) is 35.3 Å². The number of terminal acetylenes is 1. The molecule has 2 aromatic heterocycles. The smallest absolute Gasteiger partial charge is 0.352 e. The van der Waals surface area contributed by atoms with E-state index in [1.807, 2.05) is 6.92 Å². The first-order valence-electron chi connectivity index (χ1n) is 11.3. The number of thioether (sulfide) groups is 2.